The Morgan fingerprint density at radius 3 is 2.64 bits per heavy atom. The van der Waals surface area contributed by atoms with Gasteiger partial charge in [0.05, 0.1) is 17.9 Å². The molecule has 1 amide bonds. The summed E-state index contributed by atoms with van der Waals surface area (Å²) in [6.07, 6.45) is 4.58. The standard InChI is InChI=1S/C22H18N2O4/c1-13-6-3-8-16(14(13)2)24-19(15-7-4-10-23-12-15)18(21(26)22(24)27)20(25)17-9-5-11-28-17/h3-12,19,26H,1-2H3. The molecule has 0 fully saturated rings. The van der Waals surface area contributed by atoms with Crippen LogP contribution in [0.5, 0.6) is 0 Å². The van der Waals surface area contributed by atoms with E-state index in [9.17, 15) is 14.7 Å². The fourth-order valence-electron chi connectivity index (χ4n) is 3.48. The number of nitrogens with zero attached hydrogens (tertiary/aromatic N) is 2. The molecule has 140 valence electrons. The molecule has 0 saturated carbocycles. The third kappa shape index (κ3) is 2.70. The monoisotopic (exact) mass is 374 g/mol. The van der Waals surface area contributed by atoms with Crippen molar-refractivity contribution < 1.29 is 19.1 Å². The van der Waals surface area contributed by atoms with E-state index in [1.807, 2.05) is 26.0 Å². The second kappa shape index (κ2) is 6.81. The van der Waals surface area contributed by atoms with Gasteiger partial charge in [-0.15, -0.1) is 0 Å². The molecule has 1 aliphatic heterocycles. The number of rotatable bonds is 4. The third-order valence-electron chi connectivity index (χ3n) is 5.03. The van der Waals surface area contributed by atoms with Crippen molar-refractivity contribution >= 4 is 17.4 Å². The maximum absolute atomic E-state index is 13.1. The molecule has 1 aromatic carbocycles. The first-order valence-electron chi connectivity index (χ1n) is 8.81. The summed E-state index contributed by atoms with van der Waals surface area (Å²) in [6.45, 7) is 3.85. The van der Waals surface area contributed by atoms with Crippen molar-refractivity contribution in [1.29, 1.82) is 0 Å². The van der Waals surface area contributed by atoms with Crippen molar-refractivity contribution in [3.8, 4) is 0 Å². The van der Waals surface area contributed by atoms with Crippen LogP contribution in [0.2, 0.25) is 0 Å². The second-order valence-corrected chi connectivity index (χ2v) is 6.65. The Morgan fingerprint density at radius 2 is 1.96 bits per heavy atom. The number of aryl methyl sites for hydroxylation is 1. The van der Waals surface area contributed by atoms with E-state index >= 15 is 0 Å². The first-order chi connectivity index (χ1) is 13.5. The van der Waals surface area contributed by atoms with E-state index in [2.05, 4.69) is 4.98 Å². The molecule has 0 saturated heterocycles. The zero-order chi connectivity index (χ0) is 19.8. The number of carbonyl (C=O) groups excluding carboxylic acids is 2. The largest absolute Gasteiger partial charge is 0.503 e. The molecule has 0 bridgehead atoms. The fourth-order valence-corrected chi connectivity index (χ4v) is 3.48. The molecule has 3 heterocycles. The van der Waals surface area contributed by atoms with Gasteiger partial charge in [0.25, 0.3) is 5.91 Å². The second-order valence-electron chi connectivity index (χ2n) is 6.65. The van der Waals surface area contributed by atoms with Crippen molar-refractivity contribution in [3.05, 3.63) is 94.9 Å². The number of pyridine rings is 1. The maximum Gasteiger partial charge on any atom is 0.294 e. The van der Waals surface area contributed by atoms with Crippen LogP contribution in [-0.2, 0) is 4.79 Å². The number of carbonyl (C=O) groups is 2. The number of hydrogen-bond acceptors (Lipinski definition) is 5. The van der Waals surface area contributed by atoms with E-state index in [0.717, 1.165) is 11.1 Å². The Bertz CT molecular complexity index is 1080. The molecule has 0 aliphatic carbocycles. The normalized spacial score (nSPS) is 16.7. The number of benzene rings is 1. The minimum Gasteiger partial charge on any atom is -0.503 e. The first-order valence-corrected chi connectivity index (χ1v) is 8.81. The summed E-state index contributed by atoms with van der Waals surface area (Å²) in [5.41, 5.74) is 3.13. The van der Waals surface area contributed by atoms with Gasteiger partial charge in [0.15, 0.2) is 11.5 Å². The highest BCUT2D eigenvalue weighted by molar-refractivity contribution is 6.20. The van der Waals surface area contributed by atoms with Crippen LogP contribution in [0.25, 0.3) is 0 Å². The zero-order valence-electron chi connectivity index (χ0n) is 15.4. The molecule has 1 aliphatic rings. The number of amides is 1. The fraction of sp³-hybridized carbons (Fsp3) is 0.136. The molecule has 1 N–H and O–H groups in total. The Balaban J connectivity index is 1.92. The number of Topliss-reactive ketones (excluding diaryl/α,β-unsaturated/α-hetero) is 1. The minimum atomic E-state index is -0.806. The van der Waals surface area contributed by atoms with Crippen molar-refractivity contribution in [3.63, 3.8) is 0 Å². The summed E-state index contributed by atoms with van der Waals surface area (Å²) in [4.78, 5) is 31.7. The summed E-state index contributed by atoms with van der Waals surface area (Å²) in [7, 11) is 0. The predicted molar refractivity (Wildman–Crippen MR) is 103 cm³/mol. The van der Waals surface area contributed by atoms with Crippen molar-refractivity contribution in [2.24, 2.45) is 0 Å². The highest BCUT2D eigenvalue weighted by Gasteiger charge is 2.45. The highest BCUT2D eigenvalue weighted by Crippen LogP contribution is 2.43. The number of aliphatic hydroxyl groups is 1. The Labute approximate surface area is 161 Å². The quantitative estimate of drug-likeness (QED) is 0.696. The molecule has 2 aromatic heterocycles. The van der Waals surface area contributed by atoms with Crippen molar-refractivity contribution in [1.82, 2.24) is 4.98 Å². The van der Waals surface area contributed by atoms with Crippen LogP contribution in [0, 0.1) is 13.8 Å². The topological polar surface area (TPSA) is 83.6 Å². The van der Waals surface area contributed by atoms with Gasteiger partial charge in [-0.1, -0.05) is 18.2 Å². The van der Waals surface area contributed by atoms with Gasteiger partial charge in [-0.25, -0.2) is 0 Å². The van der Waals surface area contributed by atoms with Gasteiger partial charge in [0.1, 0.15) is 0 Å². The molecule has 1 atom stereocenters. The van der Waals surface area contributed by atoms with E-state index < -0.39 is 23.5 Å². The predicted octanol–water partition coefficient (Wildman–Crippen LogP) is 4.07. The van der Waals surface area contributed by atoms with Crippen molar-refractivity contribution in [2.45, 2.75) is 19.9 Å². The molecule has 0 radical (unpaired) electrons. The maximum atomic E-state index is 13.1. The molecule has 28 heavy (non-hydrogen) atoms. The molecule has 3 aromatic rings. The molecule has 4 rings (SSSR count). The molecule has 1 unspecified atom stereocenters. The summed E-state index contributed by atoms with van der Waals surface area (Å²) < 4.78 is 5.22. The van der Waals surface area contributed by atoms with Crippen LogP contribution in [0.15, 0.2) is 76.9 Å². The van der Waals surface area contributed by atoms with E-state index in [1.54, 1.807) is 36.7 Å². The average Bonchev–Trinajstić information content (AvgIpc) is 3.32. The Kier molecular flexibility index (Phi) is 4.31. The van der Waals surface area contributed by atoms with Crippen LogP contribution in [0.3, 0.4) is 0 Å². The number of aromatic nitrogens is 1. The number of hydrogen-bond donors (Lipinski definition) is 1. The summed E-state index contributed by atoms with van der Waals surface area (Å²) in [5.74, 6) is -1.67. The Hall–Kier alpha value is -3.67. The SMILES string of the molecule is Cc1cccc(N2C(=O)C(O)=C(C(=O)c3ccco3)C2c2cccnc2)c1C. The first kappa shape index (κ1) is 17.7. The van der Waals surface area contributed by atoms with Gasteiger partial charge >= 0.3 is 0 Å². The molecule has 6 heteroatoms. The molecular weight excluding hydrogens is 356 g/mol. The highest BCUT2D eigenvalue weighted by atomic mass is 16.3. The lowest BCUT2D eigenvalue weighted by Crippen LogP contribution is -2.31. The molecule has 0 spiro atoms. The summed E-state index contributed by atoms with van der Waals surface area (Å²) >= 11 is 0. The number of anilines is 1. The summed E-state index contributed by atoms with van der Waals surface area (Å²) in [5, 5.41) is 10.7. The van der Waals surface area contributed by atoms with E-state index in [-0.39, 0.29) is 11.3 Å². The van der Waals surface area contributed by atoms with E-state index in [0.29, 0.717) is 11.3 Å². The minimum absolute atomic E-state index is 0.0196. The molecule has 6 nitrogen and oxygen atoms in total. The van der Waals surface area contributed by atoms with Gasteiger partial charge in [0.2, 0.25) is 5.78 Å². The summed E-state index contributed by atoms with van der Waals surface area (Å²) in [6, 6.07) is 11.4. The Morgan fingerprint density at radius 1 is 1.14 bits per heavy atom. The van der Waals surface area contributed by atoms with Crippen LogP contribution < -0.4 is 4.90 Å². The van der Waals surface area contributed by atoms with Crippen LogP contribution in [0.1, 0.15) is 33.3 Å². The van der Waals surface area contributed by atoms with Gasteiger partial charge in [-0.3, -0.25) is 19.5 Å². The van der Waals surface area contributed by atoms with E-state index in [1.165, 1.54) is 17.2 Å². The van der Waals surface area contributed by atoms with Gasteiger partial charge < -0.3 is 9.52 Å². The van der Waals surface area contributed by atoms with Gasteiger partial charge in [-0.2, -0.15) is 0 Å². The van der Waals surface area contributed by atoms with Crippen molar-refractivity contribution in [2.75, 3.05) is 4.90 Å². The van der Waals surface area contributed by atoms with Crippen LogP contribution in [0.4, 0.5) is 5.69 Å². The lowest BCUT2D eigenvalue weighted by Gasteiger charge is -2.28. The van der Waals surface area contributed by atoms with Gasteiger partial charge in [0, 0.05) is 18.1 Å². The van der Waals surface area contributed by atoms with Gasteiger partial charge in [-0.05, 0) is 54.8 Å². The smallest absolute Gasteiger partial charge is 0.294 e. The lowest BCUT2D eigenvalue weighted by molar-refractivity contribution is -0.117. The number of furan rings is 1. The number of ketones is 1. The lowest BCUT2D eigenvalue weighted by atomic mass is 9.95. The van der Waals surface area contributed by atoms with E-state index in [4.69, 9.17) is 4.42 Å². The number of aliphatic hydroxyl groups excluding tert-OH is 1. The zero-order valence-corrected chi connectivity index (χ0v) is 15.4. The van der Waals surface area contributed by atoms with Crippen LogP contribution >= 0.6 is 0 Å². The third-order valence-corrected chi connectivity index (χ3v) is 5.03. The molecular formula is C22H18N2O4. The van der Waals surface area contributed by atoms with Crippen LogP contribution in [-0.4, -0.2) is 21.8 Å². The average molecular weight is 374 g/mol.